The quantitative estimate of drug-likeness (QED) is 0.760. The number of ketones is 1. The molecule has 0 bridgehead atoms. The van der Waals surface area contributed by atoms with Gasteiger partial charge in [-0.15, -0.1) is 0 Å². The van der Waals surface area contributed by atoms with Crippen molar-refractivity contribution in [1.29, 1.82) is 0 Å². The standard InChI is InChI=1S/C13H16N2O3/c16-11-3-1-10(2-4-11)12(17)9-15-7-5-13(18)14-6-8-15/h1-4,16H,5-9H2,(H,14,18). The summed E-state index contributed by atoms with van der Waals surface area (Å²) in [5.41, 5.74) is 0.580. The number of amides is 1. The van der Waals surface area contributed by atoms with Gasteiger partial charge in [0.2, 0.25) is 5.91 Å². The Morgan fingerprint density at radius 2 is 2.00 bits per heavy atom. The molecule has 1 aliphatic rings. The average Bonchev–Trinajstić information content (AvgIpc) is 2.55. The van der Waals surface area contributed by atoms with E-state index >= 15 is 0 Å². The van der Waals surface area contributed by atoms with Crippen LogP contribution in [0, 0.1) is 0 Å². The van der Waals surface area contributed by atoms with E-state index in [1.807, 2.05) is 4.90 Å². The van der Waals surface area contributed by atoms with Crippen LogP contribution in [0.2, 0.25) is 0 Å². The molecule has 1 saturated heterocycles. The fourth-order valence-corrected chi connectivity index (χ4v) is 1.91. The van der Waals surface area contributed by atoms with Crippen molar-refractivity contribution in [1.82, 2.24) is 10.2 Å². The van der Waals surface area contributed by atoms with E-state index in [2.05, 4.69) is 5.32 Å². The molecule has 1 heterocycles. The topological polar surface area (TPSA) is 69.6 Å². The van der Waals surface area contributed by atoms with Crippen LogP contribution in [0.5, 0.6) is 5.75 Å². The number of carbonyl (C=O) groups excluding carboxylic acids is 2. The molecule has 2 N–H and O–H groups in total. The van der Waals surface area contributed by atoms with Gasteiger partial charge in [-0.3, -0.25) is 14.5 Å². The summed E-state index contributed by atoms with van der Waals surface area (Å²) in [6, 6.07) is 6.22. The molecule has 0 aromatic heterocycles. The molecule has 18 heavy (non-hydrogen) atoms. The molecule has 2 rings (SSSR count). The van der Waals surface area contributed by atoms with Gasteiger partial charge in [0.1, 0.15) is 5.75 Å². The van der Waals surface area contributed by atoms with E-state index in [0.29, 0.717) is 38.2 Å². The minimum absolute atomic E-state index is 0.00403. The summed E-state index contributed by atoms with van der Waals surface area (Å²) < 4.78 is 0. The molecular weight excluding hydrogens is 232 g/mol. The van der Waals surface area contributed by atoms with E-state index in [9.17, 15) is 9.59 Å². The molecule has 1 aromatic carbocycles. The van der Waals surface area contributed by atoms with Crippen LogP contribution >= 0.6 is 0 Å². The molecule has 1 fully saturated rings. The van der Waals surface area contributed by atoms with Crippen molar-refractivity contribution in [3.05, 3.63) is 29.8 Å². The van der Waals surface area contributed by atoms with Gasteiger partial charge in [0, 0.05) is 31.6 Å². The number of nitrogens with one attached hydrogen (secondary N) is 1. The van der Waals surface area contributed by atoms with Crippen LogP contribution in [0.3, 0.4) is 0 Å². The number of phenolic OH excluding ortho intramolecular Hbond substituents is 1. The molecular formula is C13H16N2O3. The van der Waals surface area contributed by atoms with Crippen molar-refractivity contribution in [2.45, 2.75) is 6.42 Å². The summed E-state index contributed by atoms with van der Waals surface area (Å²) in [6.07, 6.45) is 0.433. The molecule has 1 aromatic rings. The third-order valence-electron chi connectivity index (χ3n) is 2.96. The van der Waals surface area contributed by atoms with Crippen LogP contribution in [-0.4, -0.2) is 47.9 Å². The molecule has 0 aliphatic carbocycles. The Kier molecular flexibility index (Phi) is 3.94. The Labute approximate surface area is 105 Å². The number of hydrogen-bond acceptors (Lipinski definition) is 4. The van der Waals surface area contributed by atoms with Crippen LogP contribution in [-0.2, 0) is 4.79 Å². The number of nitrogens with zero attached hydrogens (tertiary/aromatic N) is 1. The molecule has 1 aliphatic heterocycles. The van der Waals surface area contributed by atoms with Gasteiger partial charge in [-0.1, -0.05) is 0 Å². The van der Waals surface area contributed by atoms with Crippen molar-refractivity contribution in [3.63, 3.8) is 0 Å². The summed E-state index contributed by atoms with van der Waals surface area (Å²) in [5.74, 6) is 0.190. The van der Waals surface area contributed by atoms with E-state index in [1.54, 1.807) is 12.1 Å². The normalized spacial score (nSPS) is 17.0. The van der Waals surface area contributed by atoms with Gasteiger partial charge in [0.15, 0.2) is 5.78 Å². The number of carbonyl (C=O) groups is 2. The van der Waals surface area contributed by atoms with E-state index in [1.165, 1.54) is 12.1 Å². The summed E-state index contributed by atoms with van der Waals surface area (Å²) >= 11 is 0. The first-order chi connectivity index (χ1) is 8.65. The maximum absolute atomic E-state index is 12.0. The maximum Gasteiger partial charge on any atom is 0.221 e. The summed E-state index contributed by atoms with van der Waals surface area (Å²) in [4.78, 5) is 25.1. The van der Waals surface area contributed by atoms with Gasteiger partial charge in [-0.2, -0.15) is 0 Å². The monoisotopic (exact) mass is 248 g/mol. The van der Waals surface area contributed by atoms with Crippen LogP contribution in [0.4, 0.5) is 0 Å². The van der Waals surface area contributed by atoms with E-state index in [-0.39, 0.29) is 17.4 Å². The van der Waals surface area contributed by atoms with Crippen molar-refractivity contribution in [2.24, 2.45) is 0 Å². The van der Waals surface area contributed by atoms with Gasteiger partial charge in [0.25, 0.3) is 0 Å². The average molecular weight is 248 g/mol. The number of benzene rings is 1. The minimum atomic E-state index is 0.00403. The van der Waals surface area contributed by atoms with Crippen LogP contribution in [0.15, 0.2) is 24.3 Å². The zero-order chi connectivity index (χ0) is 13.0. The zero-order valence-corrected chi connectivity index (χ0v) is 10.1. The lowest BCUT2D eigenvalue weighted by Crippen LogP contribution is -2.33. The maximum atomic E-state index is 12.0. The highest BCUT2D eigenvalue weighted by Crippen LogP contribution is 2.11. The molecule has 96 valence electrons. The van der Waals surface area contributed by atoms with Gasteiger partial charge < -0.3 is 10.4 Å². The molecule has 5 nitrogen and oxygen atoms in total. The highest BCUT2D eigenvalue weighted by atomic mass is 16.3. The second kappa shape index (κ2) is 5.64. The van der Waals surface area contributed by atoms with E-state index in [0.717, 1.165) is 0 Å². The molecule has 0 atom stereocenters. The smallest absolute Gasteiger partial charge is 0.221 e. The minimum Gasteiger partial charge on any atom is -0.508 e. The first kappa shape index (κ1) is 12.6. The highest BCUT2D eigenvalue weighted by molar-refractivity contribution is 5.97. The molecule has 1 amide bonds. The summed E-state index contributed by atoms with van der Waals surface area (Å²) in [5, 5.41) is 11.9. The van der Waals surface area contributed by atoms with Gasteiger partial charge in [-0.05, 0) is 24.3 Å². The third-order valence-corrected chi connectivity index (χ3v) is 2.96. The number of phenols is 1. The predicted molar refractivity (Wildman–Crippen MR) is 66.5 cm³/mol. The fraction of sp³-hybridized carbons (Fsp3) is 0.385. The van der Waals surface area contributed by atoms with Crippen LogP contribution in [0.25, 0.3) is 0 Å². The van der Waals surface area contributed by atoms with Gasteiger partial charge in [-0.25, -0.2) is 0 Å². The molecule has 5 heteroatoms. The number of Topliss-reactive ketones (excluding diaryl/α,β-unsaturated/α-hetero) is 1. The molecule has 0 radical (unpaired) electrons. The first-order valence-corrected chi connectivity index (χ1v) is 5.96. The Hall–Kier alpha value is -1.88. The largest absolute Gasteiger partial charge is 0.508 e. The molecule has 0 spiro atoms. The second-order valence-corrected chi connectivity index (χ2v) is 4.35. The van der Waals surface area contributed by atoms with Crippen molar-refractivity contribution >= 4 is 11.7 Å². The Bertz CT molecular complexity index is 442. The van der Waals surface area contributed by atoms with E-state index < -0.39 is 0 Å². The van der Waals surface area contributed by atoms with Crippen LogP contribution < -0.4 is 5.32 Å². The van der Waals surface area contributed by atoms with Crippen LogP contribution in [0.1, 0.15) is 16.8 Å². The number of rotatable bonds is 3. The highest BCUT2D eigenvalue weighted by Gasteiger charge is 2.16. The molecule has 0 unspecified atom stereocenters. The van der Waals surface area contributed by atoms with Crippen molar-refractivity contribution in [2.75, 3.05) is 26.2 Å². The third kappa shape index (κ3) is 3.30. The van der Waals surface area contributed by atoms with Crippen molar-refractivity contribution < 1.29 is 14.7 Å². The predicted octanol–water partition coefficient (Wildman–Crippen LogP) is 0.397. The summed E-state index contributed by atoms with van der Waals surface area (Å²) in [6.45, 7) is 2.19. The Morgan fingerprint density at radius 1 is 1.28 bits per heavy atom. The fourth-order valence-electron chi connectivity index (χ4n) is 1.91. The lowest BCUT2D eigenvalue weighted by atomic mass is 10.1. The Morgan fingerprint density at radius 3 is 2.72 bits per heavy atom. The Balaban J connectivity index is 1.94. The SMILES string of the molecule is O=C1CCN(CC(=O)c2ccc(O)cc2)CCN1. The van der Waals surface area contributed by atoms with Gasteiger partial charge in [0.05, 0.1) is 6.54 Å². The number of hydrogen-bond donors (Lipinski definition) is 2. The van der Waals surface area contributed by atoms with Crippen molar-refractivity contribution in [3.8, 4) is 5.75 Å². The second-order valence-electron chi connectivity index (χ2n) is 4.35. The first-order valence-electron chi connectivity index (χ1n) is 5.96. The summed E-state index contributed by atoms with van der Waals surface area (Å²) in [7, 11) is 0. The van der Waals surface area contributed by atoms with Gasteiger partial charge >= 0.3 is 0 Å². The van der Waals surface area contributed by atoms with E-state index in [4.69, 9.17) is 5.11 Å². The molecule has 0 saturated carbocycles. The zero-order valence-electron chi connectivity index (χ0n) is 10.1. The lowest BCUT2D eigenvalue weighted by molar-refractivity contribution is -0.120. The number of aromatic hydroxyl groups is 1. The lowest BCUT2D eigenvalue weighted by Gasteiger charge is -2.17.